The number of aromatic amines is 1. The molecule has 0 radical (unpaired) electrons. The summed E-state index contributed by atoms with van der Waals surface area (Å²) in [5.41, 5.74) is 9.84. The first-order chi connectivity index (χ1) is 22.0. The third kappa shape index (κ3) is 9.13. The van der Waals surface area contributed by atoms with E-state index in [1.54, 1.807) is 0 Å². The Hall–Kier alpha value is -3.78. The largest absolute Gasteiger partial charge is 0.478 e. The van der Waals surface area contributed by atoms with E-state index in [0.717, 1.165) is 49.9 Å². The number of aliphatic hydroxyl groups is 1. The number of H-pyrrole nitrogens is 1. The number of anilines is 1. The number of aliphatic carboxylic acids is 1. The molecule has 8 nitrogen and oxygen atoms in total. The number of hydrogen-bond donors (Lipinski definition) is 6. The molecule has 7 N–H and O–H groups in total. The third-order valence-electron chi connectivity index (χ3n) is 9.77. The molecule has 0 saturated carbocycles. The summed E-state index contributed by atoms with van der Waals surface area (Å²) in [5, 5.41) is 28.5. The minimum Gasteiger partial charge on any atom is -0.478 e. The molecule has 0 amide bonds. The van der Waals surface area contributed by atoms with Crippen molar-refractivity contribution in [3.63, 3.8) is 0 Å². The molecule has 45 heavy (non-hydrogen) atoms. The van der Waals surface area contributed by atoms with Crippen LogP contribution in [0.15, 0.2) is 71.4 Å². The second-order valence-corrected chi connectivity index (χ2v) is 12.9. The molecule has 3 aromatic rings. The standard InChI is InChI=1S/C37H51N5O3/c38-37-40-20-18-33(42-37)32(25-36(44)45)34(41-35-15-11-19-39-35)24-29-17-16-28-22-26-12-8-9-13-27(26)23-31(28)30(29)14-7-5-3-1-2-4-6-10-21-43/h8-9,11-13,15,19,22-23,25,29-30,33-34,39,41,43H,1-7,10,14,16-18,20-21,24H2,(H,44,45)(H3,38,40,42). The summed E-state index contributed by atoms with van der Waals surface area (Å²) in [6, 6.07) is 17.1. The van der Waals surface area contributed by atoms with Crippen LogP contribution in [0, 0.1) is 5.92 Å². The van der Waals surface area contributed by atoms with Gasteiger partial charge in [-0.25, -0.2) is 4.79 Å². The number of guanidine groups is 1. The van der Waals surface area contributed by atoms with Crippen LogP contribution >= 0.6 is 0 Å². The number of aliphatic hydroxyl groups excluding tert-OH is 1. The first-order valence-corrected chi connectivity index (χ1v) is 17.0. The zero-order valence-electron chi connectivity index (χ0n) is 26.5. The number of fused-ring (bicyclic) bond motifs is 2. The first kappa shape index (κ1) is 32.6. The summed E-state index contributed by atoms with van der Waals surface area (Å²) in [6.07, 6.45) is 17.5. The van der Waals surface area contributed by atoms with Crippen LogP contribution in [0.25, 0.3) is 10.8 Å². The van der Waals surface area contributed by atoms with Crippen LogP contribution in [0.2, 0.25) is 0 Å². The van der Waals surface area contributed by atoms with Gasteiger partial charge in [0.25, 0.3) is 0 Å². The maximum atomic E-state index is 12.2. The number of aliphatic imine (C=N–C) groups is 1. The van der Waals surface area contributed by atoms with E-state index in [1.165, 1.54) is 66.5 Å². The fraction of sp³-hybridized carbons (Fsp3) is 0.514. The van der Waals surface area contributed by atoms with Gasteiger partial charge in [-0.15, -0.1) is 0 Å². The highest BCUT2D eigenvalue weighted by atomic mass is 16.4. The second-order valence-electron chi connectivity index (χ2n) is 12.9. The predicted molar refractivity (Wildman–Crippen MR) is 184 cm³/mol. The molecule has 1 aliphatic heterocycles. The topological polar surface area (TPSA) is 136 Å². The number of rotatable bonds is 17. The number of hydrogen-bond acceptors (Lipinski definition) is 6. The highest BCUT2D eigenvalue weighted by Gasteiger charge is 2.34. The minimum atomic E-state index is -0.945. The van der Waals surface area contributed by atoms with Gasteiger partial charge in [-0.2, -0.15) is 0 Å². The van der Waals surface area contributed by atoms with Crippen molar-refractivity contribution in [2.75, 3.05) is 18.5 Å². The van der Waals surface area contributed by atoms with Crippen LogP contribution in [-0.2, 0) is 11.2 Å². The molecular formula is C37H51N5O3. The number of benzene rings is 2. The maximum Gasteiger partial charge on any atom is 0.328 e. The van der Waals surface area contributed by atoms with Crippen molar-refractivity contribution >= 4 is 28.5 Å². The summed E-state index contributed by atoms with van der Waals surface area (Å²) in [6.45, 7) is 0.872. The highest BCUT2D eigenvalue weighted by molar-refractivity contribution is 5.85. The maximum absolute atomic E-state index is 12.2. The Kier molecular flexibility index (Phi) is 12.0. The molecule has 0 saturated heterocycles. The van der Waals surface area contributed by atoms with Crippen molar-refractivity contribution < 1.29 is 15.0 Å². The van der Waals surface area contributed by atoms with Crippen molar-refractivity contribution in [3.05, 3.63) is 77.5 Å². The Bertz CT molecular complexity index is 1430. The molecule has 0 spiro atoms. The van der Waals surface area contributed by atoms with Crippen LogP contribution in [0.1, 0.15) is 94.1 Å². The number of nitrogens with zero attached hydrogens (tertiary/aromatic N) is 1. The number of unbranched alkanes of at least 4 members (excludes halogenated alkanes) is 7. The van der Waals surface area contributed by atoms with E-state index in [9.17, 15) is 9.90 Å². The van der Waals surface area contributed by atoms with Gasteiger partial charge in [0.1, 0.15) is 5.82 Å². The second kappa shape index (κ2) is 16.5. The van der Waals surface area contributed by atoms with Gasteiger partial charge in [0, 0.05) is 25.4 Å². The lowest BCUT2D eigenvalue weighted by Crippen LogP contribution is -2.48. The summed E-state index contributed by atoms with van der Waals surface area (Å²) in [7, 11) is 0. The van der Waals surface area contributed by atoms with Crippen LogP contribution < -0.4 is 16.4 Å². The lowest BCUT2D eigenvalue weighted by molar-refractivity contribution is -0.131. The Balaban J connectivity index is 1.38. The van der Waals surface area contributed by atoms with Crippen molar-refractivity contribution in [3.8, 4) is 0 Å². The third-order valence-corrected chi connectivity index (χ3v) is 9.77. The summed E-state index contributed by atoms with van der Waals surface area (Å²) >= 11 is 0. The molecule has 0 fully saturated rings. The number of nitrogens with one attached hydrogen (secondary N) is 3. The van der Waals surface area contributed by atoms with Crippen molar-refractivity contribution in [1.29, 1.82) is 0 Å². The molecule has 1 aliphatic carbocycles. The van der Waals surface area contributed by atoms with E-state index < -0.39 is 5.97 Å². The molecular weight excluding hydrogens is 562 g/mol. The fourth-order valence-corrected chi connectivity index (χ4v) is 7.51. The Morgan fingerprint density at radius 3 is 2.42 bits per heavy atom. The van der Waals surface area contributed by atoms with Gasteiger partial charge in [0.15, 0.2) is 5.96 Å². The molecule has 2 aromatic carbocycles. The minimum absolute atomic E-state index is 0.184. The lowest BCUT2D eigenvalue weighted by atomic mass is 9.69. The number of carboxylic acid groups (broad SMARTS) is 1. The fourth-order valence-electron chi connectivity index (χ4n) is 7.51. The van der Waals surface area contributed by atoms with E-state index in [2.05, 4.69) is 57.0 Å². The van der Waals surface area contributed by atoms with E-state index in [4.69, 9.17) is 10.8 Å². The molecule has 4 atom stereocenters. The Morgan fingerprint density at radius 2 is 1.73 bits per heavy atom. The van der Waals surface area contributed by atoms with Gasteiger partial charge >= 0.3 is 5.97 Å². The molecule has 8 heteroatoms. The number of aromatic nitrogens is 1. The van der Waals surface area contributed by atoms with Gasteiger partial charge in [-0.1, -0.05) is 81.3 Å². The average Bonchev–Trinajstić information content (AvgIpc) is 3.55. The molecule has 2 aliphatic rings. The van der Waals surface area contributed by atoms with Gasteiger partial charge in [-0.05, 0) is 90.0 Å². The number of nitrogens with two attached hydrogens (primary N) is 1. The van der Waals surface area contributed by atoms with Crippen molar-refractivity contribution in [2.24, 2.45) is 16.6 Å². The molecule has 5 rings (SSSR count). The Labute approximate surface area is 267 Å². The number of carbonyl (C=O) groups is 1. The number of aryl methyl sites for hydroxylation is 1. The van der Waals surface area contributed by atoms with E-state index >= 15 is 0 Å². The van der Waals surface area contributed by atoms with Gasteiger partial charge in [0.2, 0.25) is 0 Å². The predicted octanol–water partition coefficient (Wildman–Crippen LogP) is 6.88. The van der Waals surface area contributed by atoms with Crippen LogP contribution in [0.3, 0.4) is 0 Å². The van der Waals surface area contributed by atoms with Gasteiger partial charge in [0.05, 0.1) is 12.1 Å². The zero-order valence-corrected chi connectivity index (χ0v) is 26.5. The van der Waals surface area contributed by atoms with Crippen LogP contribution in [0.5, 0.6) is 0 Å². The summed E-state index contributed by atoms with van der Waals surface area (Å²) < 4.78 is 0. The molecule has 2 heterocycles. The first-order valence-electron chi connectivity index (χ1n) is 17.0. The van der Waals surface area contributed by atoms with Crippen LogP contribution in [-0.4, -0.2) is 52.4 Å². The molecule has 0 bridgehead atoms. The number of carboxylic acids is 1. The van der Waals surface area contributed by atoms with Gasteiger partial charge < -0.3 is 31.6 Å². The van der Waals surface area contributed by atoms with E-state index in [1.807, 2.05) is 18.3 Å². The van der Waals surface area contributed by atoms with Crippen molar-refractivity contribution in [1.82, 2.24) is 10.3 Å². The average molecular weight is 614 g/mol. The quantitative estimate of drug-likeness (QED) is 0.0726. The van der Waals surface area contributed by atoms with Crippen LogP contribution in [0.4, 0.5) is 5.82 Å². The highest BCUT2D eigenvalue weighted by Crippen LogP contribution is 2.44. The summed E-state index contributed by atoms with van der Waals surface area (Å²) in [4.78, 5) is 19.7. The van der Waals surface area contributed by atoms with Crippen molar-refractivity contribution in [2.45, 2.75) is 101 Å². The summed E-state index contributed by atoms with van der Waals surface area (Å²) in [5.74, 6) is 1.11. The molecule has 1 aromatic heterocycles. The monoisotopic (exact) mass is 613 g/mol. The van der Waals surface area contributed by atoms with E-state index in [-0.39, 0.29) is 12.1 Å². The molecule has 242 valence electrons. The van der Waals surface area contributed by atoms with Gasteiger partial charge in [-0.3, -0.25) is 4.99 Å². The van der Waals surface area contributed by atoms with E-state index in [0.29, 0.717) is 37.4 Å². The SMILES string of the molecule is NC1=NCCC(C(=CC(=O)O)C(CC2CCc3cc4ccccc4cc3C2CCCCCCCCCCO)Nc2ccc[nH]2)N1. The molecule has 4 unspecified atom stereocenters. The normalized spacial score (nSPS) is 20.7. The zero-order chi connectivity index (χ0) is 31.4. The lowest BCUT2D eigenvalue weighted by Gasteiger charge is -2.38. The Morgan fingerprint density at radius 1 is 1.00 bits per heavy atom. The smallest absolute Gasteiger partial charge is 0.328 e.